The van der Waals surface area contributed by atoms with Crippen molar-refractivity contribution >= 4 is 5.91 Å². The number of fused-ring (bicyclic) bond motifs is 1. The molecule has 1 aliphatic heterocycles. The molecule has 1 aromatic heterocycles. The lowest BCUT2D eigenvalue weighted by atomic mass is 9.91. The van der Waals surface area contributed by atoms with E-state index in [1.54, 1.807) is 0 Å². The van der Waals surface area contributed by atoms with Gasteiger partial charge in [0.15, 0.2) is 5.69 Å². The molecule has 2 fully saturated rings. The van der Waals surface area contributed by atoms with Crippen LogP contribution in [0, 0.1) is 0 Å². The number of nitrogens with one attached hydrogen (secondary N) is 1. The van der Waals surface area contributed by atoms with Gasteiger partial charge >= 0.3 is 0 Å². The van der Waals surface area contributed by atoms with Crippen LogP contribution < -0.4 is 5.32 Å². The van der Waals surface area contributed by atoms with Gasteiger partial charge in [-0.2, -0.15) is 5.10 Å². The van der Waals surface area contributed by atoms with E-state index in [-0.39, 0.29) is 5.91 Å². The summed E-state index contributed by atoms with van der Waals surface area (Å²) in [5.41, 5.74) is 3.16. The smallest absolute Gasteiger partial charge is 0.274 e. The number of likely N-dealkylation sites (tertiary alicyclic amines) is 1. The molecule has 5 nitrogen and oxygen atoms in total. The largest absolute Gasteiger partial charge is 0.337 e. The van der Waals surface area contributed by atoms with Gasteiger partial charge in [0.2, 0.25) is 0 Å². The van der Waals surface area contributed by atoms with Crippen LogP contribution in [-0.4, -0.2) is 45.8 Å². The minimum atomic E-state index is 0.146. The highest BCUT2D eigenvalue weighted by molar-refractivity contribution is 5.94. The van der Waals surface area contributed by atoms with Crippen LogP contribution in [0.4, 0.5) is 0 Å². The number of aromatic nitrogens is 2. The van der Waals surface area contributed by atoms with E-state index in [0.717, 1.165) is 45.2 Å². The van der Waals surface area contributed by atoms with Gasteiger partial charge in [0.1, 0.15) is 0 Å². The van der Waals surface area contributed by atoms with E-state index in [2.05, 4.69) is 11.9 Å². The normalized spacial score (nSPS) is 23.8. The Bertz CT molecular complexity index is 638. The topological polar surface area (TPSA) is 50.2 Å². The maximum Gasteiger partial charge on any atom is 0.274 e. The minimum absolute atomic E-state index is 0.146. The molecule has 0 aromatic carbocycles. The van der Waals surface area contributed by atoms with Crippen LogP contribution >= 0.6 is 0 Å². The van der Waals surface area contributed by atoms with Gasteiger partial charge < -0.3 is 10.2 Å². The first-order valence-electron chi connectivity index (χ1n) is 10.0. The summed E-state index contributed by atoms with van der Waals surface area (Å²) in [6.07, 6.45) is 12.3. The maximum absolute atomic E-state index is 13.2. The van der Waals surface area contributed by atoms with Crippen molar-refractivity contribution in [1.82, 2.24) is 20.0 Å². The molecular weight excluding hydrogens is 312 g/mol. The monoisotopic (exact) mass is 342 g/mol. The van der Waals surface area contributed by atoms with E-state index in [1.165, 1.54) is 36.9 Å². The first-order chi connectivity index (χ1) is 12.3. The van der Waals surface area contributed by atoms with Gasteiger partial charge in [-0.1, -0.05) is 18.9 Å². The molecule has 136 valence electrons. The van der Waals surface area contributed by atoms with E-state index < -0.39 is 0 Å². The maximum atomic E-state index is 13.2. The number of nitrogens with zero attached hydrogens (tertiary/aromatic N) is 3. The van der Waals surface area contributed by atoms with Gasteiger partial charge in [-0.25, -0.2) is 0 Å². The summed E-state index contributed by atoms with van der Waals surface area (Å²) in [5, 5.41) is 8.49. The van der Waals surface area contributed by atoms with Gasteiger partial charge in [0, 0.05) is 36.4 Å². The molecule has 5 heteroatoms. The van der Waals surface area contributed by atoms with Crippen molar-refractivity contribution in [3.63, 3.8) is 0 Å². The van der Waals surface area contributed by atoms with E-state index in [0.29, 0.717) is 24.3 Å². The molecule has 1 aromatic rings. The van der Waals surface area contributed by atoms with E-state index >= 15 is 0 Å². The van der Waals surface area contributed by atoms with Crippen molar-refractivity contribution in [2.24, 2.45) is 0 Å². The molecule has 2 aliphatic carbocycles. The molecule has 1 saturated heterocycles. The van der Waals surface area contributed by atoms with Crippen LogP contribution in [0.1, 0.15) is 66.7 Å². The third-order valence-electron chi connectivity index (χ3n) is 5.79. The Kier molecular flexibility index (Phi) is 4.93. The Labute approximate surface area is 150 Å². The lowest BCUT2D eigenvalue weighted by Gasteiger charge is -2.25. The van der Waals surface area contributed by atoms with Gasteiger partial charge in [-0.15, -0.1) is 6.58 Å². The molecule has 1 amide bonds. The van der Waals surface area contributed by atoms with Crippen molar-refractivity contribution in [3.8, 4) is 0 Å². The van der Waals surface area contributed by atoms with E-state index in [9.17, 15) is 4.79 Å². The molecule has 2 heterocycles. The predicted molar refractivity (Wildman–Crippen MR) is 98.8 cm³/mol. The zero-order valence-electron chi connectivity index (χ0n) is 15.2. The lowest BCUT2D eigenvalue weighted by Crippen LogP contribution is -2.37. The van der Waals surface area contributed by atoms with Crippen LogP contribution in [-0.2, 0) is 19.4 Å². The molecule has 0 bridgehead atoms. The minimum Gasteiger partial charge on any atom is -0.337 e. The van der Waals surface area contributed by atoms with Gasteiger partial charge in [-0.3, -0.25) is 9.48 Å². The van der Waals surface area contributed by atoms with Crippen molar-refractivity contribution < 1.29 is 4.79 Å². The number of carbonyl (C=O) groups is 1. The first kappa shape index (κ1) is 16.8. The molecule has 1 N–H and O–H groups in total. The Morgan fingerprint density at radius 3 is 2.60 bits per heavy atom. The number of hydrogen-bond acceptors (Lipinski definition) is 3. The third kappa shape index (κ3) is 3.66. The molecule has 1 unspecified atom stereocenters. The molecular formula is C20H30N4O. The Balaban J connectivity index is 1.59. The lowest BCUT2D eigenvalue weighted by molar-refractivity contribution is 0.0753. The molecule has 3 aliphatic rings. The molecule has 4 rings (SSSR count). The average Bonchev–Trinajstić information content (AvgIpc) is 3.40. The summed E-state index contributed by atoms with van der Waals surface area (Å²) in [4.78, 5) is 15.2. The summed E-state index contributed by atoms with van der Waals surface area (Å²) in [6.45, 7) is 6.31. The zero-order valence-corrected chi connectivity index (χ0v) is 15.2. The highest BCUT2D eigenvalue weighted by Crippen LogP contribution is 2.29. The molecule has 1 atom stereocenters. The quantitative estimate of drug-likeness (QED) is 0.837. The van der Waals surface area contributed by atoms with Crippen LogP contribution in [0.2, 0.25) is 0 Å². The number of carbonyl (C=O) groups excluding carboxylic acids is 1. The van der Waals surface area contributed by atoms with Crippen LogP contribution in [0.5, 0.6) is 0 Å². The summed E-state index contributed by atoms with van der Waals surface area (Å²) in [5.74, 6) is 0.146. The van der Waals surface area contributed by atoms with Crippen molar-refractivity contribution in [2.75, 3.05) is 13.1 Å². The standard InChI is InChI=1S/C20H30N4O/c1-2-11-24-18-10-9-16(21-15-7-8-15)14-17(18)19(22-24)20(25)23-12-5-3-4-6-13-23/h2,15-16,21H,1,3-14H2. The SMILES string of the molecule is C=CCn1nc(C(=O)N2CCCCCC2)c2c1CCC(NC1CC1)C2. The van der Waals surface area contributed by atoms with E-state index in [4.69, 9.17) is 5.10 Å². The number of hydrogen-bond donors (Lipinski definition) is 1. The summed E-state index contributed by atoms with van der Waals surface area (Å²) < 4.78 is 2.01. The average molecular weight is 342 g/mol. The fourth-order valence-corrected chi connectivity index (χ4v) is 4.28. The summed E-state index contributed by atoms with van der Waals surface area (Å²) >= 11 is 0. The predicted octanol–water partition coefficient (Wildman–Crippen LogP) is 2.69. The van der Waals surface area contributed by atoms with Crippen LogP contribution in [0.15, 0.2) is 12.7 Å². The highest BCUT2D eigenvalue weighted by atomic mass is 16.2. The second-order valence-corrected chi connectivity index (χ2v) is 7.83. The molecule has 0 spiro atoms. The second-order valence-electron chi connectivity index (χ2n) is 7.83. The third-order valence-corrected chi connectivity index (χ3v) is 5.79. The second kappa shape index (κ2) is 7.32. The fourth-order valence-electron chi connectivity index (χ4n) is 4.28. The number of rotatable bonds is 5. The van der Waals surface area contributed by atoms with Gasteiger partial charge in [0.25, 0.3) is 5.91 Å². The number of amides is 1. The molecule has 25 heavy (non-hydrogen) atoms. The van der Waals surface area contributed by atoms with Gasteiger partial charge in [-0.05, 0) is 44.9 Å². The number of allylic oxidation sites excluding steroid dienone is 1. The highest BCUT2D eigenvalue weighted by Gasteiger charge is 2.33. The van der Waals surface area contributed by atoms with Crippen molar-refractivity contribution in [2.45, 2.75) is 76.4 Å². The Morgan fingerprint density at radius 1 is 1.16 bits per heavy atom. The van der Waals surface area contributed by atoms with Crippen LogP contribution in [0.25, 0.3) is 0 Å². The fraction of sp³-hybridized carbons (Fsp3) is 0.700. The summed E-state index contributed by atoms with van der Waals surface area (Å²) in [6, 6.07) is 1.21. The van der Waals surface area contributed by atoms with Gasteiger partial charge in [0.05, 0.1) is 6.54 Å². The molecule has 1 saturated carbocycles. The van der Waals surface area contributed by atoms with Crippen molar-refractivity contribution in [1.29, 1.82) is 0 Å². The van der Waals surface area contributed by atoms with Crippen LogP contribution in [0.3, 0.4) is 0 Å². The zero-order chi connectivity index (χ0) is 17.2. The van der Waals surface area contributed by atoms with Crippen molar-refractivity contribution in [3.05, 3.63) is 29.6 Å². The molecule has 0 radical (unpaired) electrons. The Morgan fingerprint density at radius 2 is 1.92 bits per heavy atom. The first-order valence-corrected chi connectivity index (χ1v) is 10.0. The van der Waals surface area contributed by atoms with E-state index in [1.807, 2.05) is 15.7 Å². The Hall–Kier alpha value is -1.62. The summed E-state index contributed by atoms with van der Waals surface area (Å²) in [7, 11) is 0.